The fraction of sp³-hybridized carbons (Fsp3) is 0.158. The van der Waals surface area contributed by atoms with Crippen LogP contribution in [0.15, 0.2) is 59.6 Å². The van der Waals surface area contributed by atoms with Crippen molar-refractivity contribution < 1.29 is 8.42 Å². The van der Waals surface area contributed by atoms with Crippen LogP contribution in [0.4, 0.5) is 0 Å². The molecule has 3 aromatic rings. The quantitative estimate of drug-likeness (QED) is 0.753. The zero-order chi connectivity index (χ0) is 17.6. The predicted octanol–water partition coefficient (Wildman–Crippen LogP) is 4.07. The Bertz CT molecular complexity index is 1040. The number of hydrogen-bond donors (Lipinski definition) is 1. The molecule has 0 saturated carbocycles. The van der Waals surface area contributed by atoms with E-state index in [2.05, 4.69) is 10.8 Å². The molecule has 2 aromatic carbocycles. The van der Waals surface area contributed by atoms with Gasteiger partial charge in [0.05, 0.1) is 4.90 Å². The number of rotatable bonds is 3. The molecule has 4 rings (SSSR count). The summed E-state index contributed by atoms with van der Waals surface area (Å²) >= 11 is 6.02. The van der Waals surface area contributed by atoms with Crippen LogP contribution in [-0.4, -0.2) is 13.0 Å². The smallest absolute Gasteiger partial charge is 0.238 e. The molecule has 4 nitrogen and oxygen atoms in total. The van der Waals surface area contributed by atoms with Crippen LogP contribution in [0.2, 0.25) is 5.02 Å². The maximum atomic E-state index is 11.5. The van der Waals surface area contributed by atoms with Crippen LogP contribution in [0.3, 0.4) is 0 Å². The first kappa shape index (κ1) is 16.4. The van der Waals surface area contributed by atoms with E-state index in [1.165, 1.54) is 5.69 Å². The average Bonchev–Trinajstić information content (AvgIpc) is 3.15. The molecule has 0 saturated heterocycles. The fourth-order valence-electron chi connectivity index (χ4n) is 3.46. The van der Waals surface area contributed by atoms with Gasteiger partial charge in [-0.15, -0.1) is 0 Å². The van der Waals surface area contributed by atoms with Crippen LogP contribution in [-0.2, 0) is 23.0 Å². The summed E-state index contributed by atoms with van der Waals surface area (Å²) in [5.74, 6) is 0. The maximum Gasteiger partial charge on any atom is 0.238 e. The van der Waals surface area contributed by atoms with Gasteiger partial charge in [0.1, 0.15) is 0 Å². The van der Waals surface area contributed by atoms with Crippen molar-refractivity contribution in [2.45, 2.75) is 24.3 Å². The lowest BCUT2D eigenvalue weighted by Crippen LogP contribution is -2.11. The normalized spacial score (nSPS) is 13.8. The highest BCUT2D eigenvalue weighted by Gasteiger charge is 2.22. The number of benzene rings is 2. The zero-order valence-corrected chi connectivity index (χ0v) is 15.0. The number of sulfonamides is 1. The SMILES string of the molecule is NS(=O)(=O)c1ccc(-c2c(-c3ccc(Cl)cc3)cn3c2CCC3)cc1. The van der Waals surface area contributed by atoms with E-state index in [0.717, 1.165) is 41.6 Å². The molecule has 1 aromatic heterocycles. The number of halogens is 1. The summed E-state index contributed by atoms with van der Waals surface area (Å²) in [5, 5.41) is 5.91. The molecule has 128 valence electrons. The summed E-state index contributed by atoms with van der Waals surface area (Å²) in [4.78, 5) is 0.125. The molecule has 0 radical (unpaired) electrons. The topological polar surface area (TPSA) is 65.1 Å². The van der Waals surface area contributed by atoms with Crippen LogP contribution < -0.4 is 5.14 Å². The predicted molar refractivity (Wildman–Crippen MR) is 100 cm³/mol. The van der Waals surface area contributed by atoms with Crippen LogP contribution >= 0.6 is 11.6 Å². The average molecular weight is 373 g/mol. The van der Waals surface area contributed by atoms with E-state index in [0.29, 0.717) is 5.02 Å². The number of aryl methyl sites for hydroxylation is 1. The van der Waals surface area contributed by atoms with Gasteiger partial charge < -0.3 is 4.57 Å². The number of fused-ring (bicyclic) bond motifs is 1. The van der Waals surface area contributed by atoms with Crippen molar-refractivity contribution in [2.75, 3.05) is 0 Å². The van der Waals surface area contributed by atoms with Gasteiger partial charge in [0.15, 0.2) is 0 Å². The molecular weight excluding hydrogens is 356 g/mol. The molecule has 2 heterocycles. The molecular formula is C19H17ClN2O2S. The monoisotopic (exact) mass is 372 g/mol. The van der Waals surface area contributed by atoms with E-state index >= 15 is 0 Å². The third-order valence-corrected chi connectivity index (χ3v) is 5.81. The third kappa shape index (κ3) is 2.99. The standard InChI is InChI=1S/C19H17ClN2O2S/c20-15-7-3-13(4-8-15)17-12-22-11-1-2-18(22)19(17)14-5-9-16(10-6-14)25(21,23)24/h3-10,12H,1-2,11H2,(H2,21,23,24). The second-order valence-corrected chi connectivity index (χ2v) is 8.24. The zero-order valence-electron chi connectivity index (χ0n) is 13.4. The molecule has 0 spiro atoms. The van der Waals surface area contributed by atoms with E-state index in [-0.39, 0.29) is 4.90 Å². The van der Waals surface area contributed by atoms with Crippen molar-refractivity contribution in [1.82, 2.24) is 4.57 Å². The minimum atomic E-state index is -3.69. The van der Waals surface area contributed by atoms with E-state index in [4.69, 9.17) is 16.7 Å². The second kappa shape index (κ2) is 6.02. The van der Waals surface area contributed by atoms with Crippen LogP contribution in [0.5, 0.6) is 0 Å². The second-order valence-electron chi connectivity index (χ2n) is 6.24. The minimum Gasteiger partial charge on any atom is -0.350 e. The Labute approximate surface area is 151 Å². The van der Waals surface area contributed by atoms with Crippen LogP contribution in [0.25, 0.3) is 22.3 Å². The molecule has 0 amide bonds. The van der Waals surface area contributed by atoms with Crippen molar-refractivity contribution in [2.24, 2.45) is 5.14 Å². The highest BCUT2D eigenvalue weighted by Crippen LogP contribution is 2.40. The first-order valence-corrected chi connectivity index (χ1v) is 9.97. The number of hydrogen-bond acceptors (Lipinski definition) is 2. The Balaban J connectivity index is 1.87. The van der Waals surface area contributed by atoms with Gasteiger partial charge in [-0.1, -0.05) is 35.9 Å². The molecule has 0 unspecified atom stereocenters. The number of aromatic nitrogens is 1. The number of nitrogens with zero attached hydrogens (tertiary/aromatic N) is 1. The van der Waals surface area contributed by atoms with Crippen LogP contribution in [0, 0.1) is 0 Å². The van der Waals surface area contributed by atoms with Crippen molar-refractivity contribution in [3.63, 3.8) is 0 Å². The summed E-state index contributed by atoms with van der Waals surface area (Å²) < 4.78 is 25.3. The van der Waals surface area contributed by atoms with E-state index in [1.807, 2.05) is 36.4 Å². The molecule has 1 aliphatic heterocycles. The van der Waals surface area contributed by atoms with Crippen molar-refractivity contribution in [3.05, 3.63) is 65.4 Å². The summed E-state index contributed by atoms with van der Waals surface area (Å²) in [7, 11) is -3.69. The summed E-state index contributed by atoms with van der Waals surface area (Å²) in [5.41, 5.74) is 5.66. The van der Waals surface area contributed by atoms with Gasteiger partial charge in [0, 0.05) is 34.6 Å². The molecule has 0 fully saturated rings. The molecule has 0 aliphatic carbocycles. The van der Waals surface area contributed by atoms with Gasteiger partial charge in [0.2, 0.25) is 10.0 Å². The summed E-state index contributed by atoms with van der Waals surface area (Å²) in [6, 6.07) is 14.6. The molecule has 0 bridgehead atoms. The minimum absolute atomic E-state index is 0.125. The molecule has 6 heteroatoms. The van der Waals surface area contributed by atoms with Gasteiger partial charge in [-0.05, 0) is 48.2 Å². The Morgan fingerprint density at radius 3 is 2.24 bits per heavy atom. The molecule has 2 N–H and O–H groups in total. The molecule has 1 aliphatic rings. The lowest BCUT2D eigenvalue weighted by atomic mass is 9.96. The maximum absolute atomic E-state index is 11.5. The number of primary sulfonamides is 1. The van der Waals surface area contributed by atoms with Crippen molar-refractivity contribution in [1.29, 1.82) is 0 Å². The van der Waals surface area contributed by atoms with Gasteiger partial charge >= 0.3 is 0 Å². The van der Waals surface area contributed by atoms with E-state index in [9.17, 15) is 8.42 Å². The van der Waals surface area contributed by atoms with E-state index < -0.39 is 10.0 Å². The molecule has 25 heavy (non-hydrogen) atoms. The van der Waals surface area contributed by atoms with Gasteiger partial charge in [-0.3, -0.25) is 0 Å². The van der Waals surface area contributed by atoms with Crippen molar-refractivity contribution >= 4 is 21.6 Å². The summed E-state index contributed by atoms with van der Waals surface area (Å²) in [6.45, 7) is 1.01. The molecule has 0 atom stereocenters. The lowest BCUT2D eigenvalue weighted by Gasteiger charge is -2.08. The first-order chi connectivity index (χ1) is 11.9. The Hall–Kier alpha value is -2.08. The van der Waals surface area contributed by atoms with E-state index in [1.54, 1.807) is 12.1 Å². The Morgan fingerprint density at radius 2 is 1.60 bits per heavy atom. The third-order valence-electron chi connectivity index (χ3n) is 4.63. The Morgan fingerprint density at radius 1 is 0.960 bits per heavy atom. The highest BCUT2D eigenvalue weighted by atomic mass is 35.5. The van der Waals surface area contributed by atoms with Gasteiger partial charge in [-0.25, -0.2) is 13.6 Å². The summed E-state index contributed by atoms with van der Waals surface area (Å²) in [6.07, 6.45) is 4.31. The first-order valence-electron chi connectivity index (χ1n) is 8.05. The number of nitrogens with two attached hydrogens (primary N) is 1. The largest absolute Gasteiger partial charge is 0.350 e. The van der Waals surface area contributed by atoms with Crippen LogP contribution in [0.1, 0.15) is 12.1 Å². The fourth-order valence-corrected chi connectivity index (χ4v) is 4.11. The lowest BCUT2D eigenvalue weighted by molar-refractivity contribution is 0.598. The van der Waals surface area contributed by atoms with Gasteiger partial charge in [-0.2, -0.15) is 0 Å². The Kier molecular flexibility index (Phi) is 3.95. The van der Waals surface area contributed by atoms with Crippen molar-refractivity contribution in [3.8, 4) is 22.3 Å². The highest BCUT2D eigenvalue weighted by molar-refractivity contribution is 7.89. The van der Waals surface area contributed by atoms with Gasteiger partial charge in [0.25, 0.3) is 0 Å².